The number of hydrogen-bond acceptors (Lipinski definition) is 0. The van der Waals surface area contributed by atoms with Crippen molar-refractivity contribution in [3.05, 3.63) is 12.7 Å². The Morgan fingerprint density at radius 1 is 1.08 bits per heavy atom. The highest BCUT2D eigenvalue weighted by molar-refractivity contribution is 4.77. The van der Waals surface area contributed by atoms with Gasteiger partial charge in [0.15, 0.2) is 0 Å². The molecule has 0 aliphatic heterocycles. The molecule has 72 valence electrons. The summed E-state index contributed by atoms with van der Waals surface area (Å²) in [6.07, 6.45) is 8.64. The molecule has 0 saturated carbocycles. The maximum Gasteiger partial charge on any atom is -0.0322 e. The lowest BCUT2D eigenvalue weighted by Crippen LogP contribution is -2.12. The molecule has 0 heterocycles. The molecule has 12 heavy (non-hydrogen) atoms. The van der Waals surface area contributed by atoms with E-state index in [0.29, 0.717) is 0 Å². The standard InChI is InChI=1S/C12H24/c1-5-9-11(7-3)12(8-4)10-6-2/h5,11-12H,1,6-10H2,2-4H3. The third kappa shape index (κ3) is 3.94. The van der Waals surface area contributed by atoms with E-state index in [1.165, 1.54) is 32.1 Å². The molecule has 2 unspecified atom stereocenters. The van der Waals surface area contributed by atoms with Crippen LogP contribution in [0.15, 0.2) is 12.7 Å². The molecule has 0 nitrogen and oxygen atoms in total. The maximum atomic E-state index is 3.83. The summed E-state index contributed by atoms with van der Waals surface area (Å²) in [6, 6.07) is 0. The van der Waals surface area contributed by atoms with Crippen LogP contribution >= 0.6 is 0 Å². The fourth-order valence-electron chi connectivity index (χ4n) is 2.05. The molecule has 0 radical (unpaired) electrons. The van der Waals surface area contributed by atoms with Crippen molar-refractivity contribution >= 4 is 0 Å². The van der Waals surface area contributed by atoms with Crippen LogP contribution in [0.25, 0.3) is 0 Å². The fourth-order valence-corrected chi connectivity index (χ4v) is 2.05. The van der Waals surface area contributed by atoms with Gasteiger partial charge in [-0.05, 0) is 18.3 Å². The van der Waals surface area contributed by atoms with Crippen LogP contribution in [0.1, 0.15) is 52.9 Å². The van der Waals surface area contributed by atoms with Crippen LogP contribution in [0.5, 0.6) is 0 Å². The summed E-state index contributed by atoms with van der Waals surface area (Å²) >= 11 is 0. The Kier molecular flexibility index (Phi) is 7.23. The largest absolute Gasteiger partial charge is 0.103 e. The van der Waals surface area contributed by atoms with Gasteiger partial charge in [0.1, 0.15) is 0 Å². The minimum atomic E-state index is 0.882. The minimum absolute atomic E-state index is 0.882. The van der Waals surface area contributed by atoms with Gasteiger partial charge in [-0.25, -0.2) is 0 Å². The van der Waals surface area contributed by atoms with E-state index in [-0.39, 0.29) is 0 Å². The first-order chi connectivity index (χ1) is 5.79. The molecule has 0 rings (SSSR count). The summed E-state index contributed by atoms with van der Waals surface area (Å²) in [7, 11) is 0. The van der Waals surface area contributed by atoms with Gasteiger partial charge in [-0.2, -0.15) is 0 Å². The molecule has 0 fully saturated rings. The molecule has 0 aromatic rings. The highest BCUT2D eigenvalue weighted by atomic mass is 14.2. The van der Waals surface area contributed by atoms with Gasteiger partial charge in [0.25, 0.3) is 0 Å². The van der Waals surface area contributed by atoms with Gasteiger partial charge in [-0.1, -0.05) is 52.5 Å². The molecular formula is C12H24. The quantitative estimate of drug-likeness (QED) is 0.494. The van der Waals surface area contributed by atoms with Crippen molar-refractivity contribution in [3.63, 3.8) is 0 Å². The lowest BCUT2D eigenvalue weighted by Gasteiger charge is -2.23. The van der Waals surface area contributed by atoms with Gasteiger partial charge >= 0.3 is 0 Å². The Hall–Kier alpha value is -0.260. The lowest BCUT2D eigenvalue weighted by molar-refractivity contribution is 0.294. The van der Waals surface area contributed by atoms with Crippen molar-refractivity contribution in [1.82, 2.24) is 0 Å². The Bertz CT molecular complexity index is 105. The van der Waals surface area contributed by atoms with E-state index in [2.05, 4.69) is 33.4 Å². The minimum Gasteiger partial charge on any atom is -0.103 e. The zero-order valence-corrected chi connectivity index (χ0v) is 8.97. The van der Waals surface area contributed by atoms with Crippen molar-refractivity contribution in [1.29, 1.82) is 0 Å². The zero-order valence-electron chi connectivity index (χ0n) is 8.97. The summed E-state index contributed by atoms with van der Waals surface area (Å²) in [5, 5.41) is 0. The van der Waals surface area contributed by atoms with Gasteiger partial charge in [0, 0.05) is 0 Å². The molecule has 0 aliphatic rings. The predicted molar refractivity (Wildman–Crippen MR) is 57.3 cm³/mol. The number of rotatable bonds is 7. The molecule has 0 bridgehead atoms. The second-order valence-corrected chi connectivity index (χ2v) is 3.65. The van der Waals surface area contributed by atoms with Crippen molar-refractivity contribution in [2.45, 2.75) is 52.9 Å². The predicted octanol–water partition coefficient (Wildman–Crippen LogP) is 4.42. The van der Waals surface area contributed by atoms with E-state index in [9.17, 15) is 0 Å². The maximum absolute atomic E-state index is 3.83. The van der Waals surface area contributed by atoms with Crippen molar-refractivity contribution in [2.24, 2.45) is 11.8 Å². The van der Waals surface area contributed by atoms with Crippen LogP contribution in [0, 0.1) is 11.8 Å². The zero-order chi connectivity index (χ0) is 9.40. The third-order valence-electron chi connectivity index (χ3n) is 2.84. The first-order valence-electron chi connectivity index (χ1n) is 5.40. The van der Waals surface area contributed by atoms with Gasteiger partial charge in [0.05, 0.1) is 0 Å². The summed E-state index contributed by atoms with van der Waals surface area (Å²) < 4.78 is 0. The molecule has 0 saturated heterocycles. The number of allylic oxidation sites excluding steroid dienone is 1. The van der Waals surface area contributed by atoms with E-state index < -0.39 is 0 Å². The Labute approximate surface area is 78.1 Å². The van der Waals surface area contributed by atoms with Gasteiger partial charge in [0.2, 0.25) is 0 Å². The highest BCUT2D eigenvalue weighted by Crippen LogP contribution is 2.26. The average molecular weight is 168 g/mol. The second-order valence-electron chi connectivity index (χ2n) is 3.65. The van der Waals surface area contributed by atoms with Crippen LogP contribution in [-0.2, 0) is 0 Å². The third-order valence-corrected chi connectivity index (χ3v) is 2.84. The summed E-state index contributed by atoms with van der Waals surface area (Å²) in [6.45, 7) is 10.7. The molecular weight excluding hydrogens is 144 g/mol. The lowest BCUT2D eigenvalue weighted by atomic mass is 9.83. The van der Waals surface area contributed by atoms with E-state index in [4.69, 9.17) is 0 Å². The first-order valence-corrected chi connectivity index (χ1v) is 5.40. The van der Waals surface area contributed by atoms with Gasteiger partial charge in [-0.15, -0.1) is 6.58 Å². The molecule has 0 N–H and O–H groups in total. The molecule has 0 aliphatic carbocycles. The normalized spacial score (nSPS) is 15.6. The Morgan fingerprint density at radius 3 is 2.00 bits per heavy atom. The highest BCUT2D eigenvalue weighted by Gasteiger charge is 2.15. The van der Waals surface area contributed by atoms with Crippen LogP contribution in [0.4, 0.5) is 0 Å². The van der Waals surface area contributed by atoms with Crippen LogP contribution < -0.4 is 0 Å². The topological polar surface area (TPSA) is 0 Å². The second kappa shape index (κ2) is 7.39. The van der Waals surface area contributed by atoms with Crippen molar-refractivity contribution < 1.29 is 0 Å². The molecule has 0 amide bonds. The number of hydrogen-bond donors (Lipinski definition) is 0. The van der Waals surface area contributed by atoms with Crippen LogP contribution in [-0.4, -0.2) is 0 Å². The molecule has 2 atom stereocenters. The van der Waals surface area contributed by atoms with Crippen LogP contribution in [0.3, 0.4) is 0 Å². The Morgan fingerprint density at radius 2 is 1.67 bits per heavy atom. The SMILES string of the molecule is C=CCC(CC)C(CC)CCC. The smallest absolute Gasteiger partial charge is 0.0322 e. The van der Waals surface area contributed by atoms with Crippen LogP contribution in [0.2, 0.25) is 0 Å². The summed E-state index contributed by atoms with van der Waals surface area (Å²) in [5.41, 5.74) is 0. The summed E-state index contributed by atoms with van der Waals surface area (Å²) in [5.74, 6) is 1.81. The van der Waals surface area contributed by atoms with E-state index >= 15 is 0 Å². The monoisotopic (exact) mass is 168 g/mol. The molecule has 0 aromatic carbocycles. The average Bonchev–Trinajstić information content (AvgIpc) is 2.11. The van der Waals surface area contributed by atoms with E-state index in [0.717, 1.165) is 11.8 Å². The molecule has 0 aromatic heterocycles. The molecule has 0 heteroatoms. The van der Waals surface area contributed by atoms with E-state index in [1.807, 2.05) is 0 Å². The fraction of sp³-hybridized carbons (Fsp3) is 0.833. The van der Waals surface area contributed by atoms with E-state index in [1.54, 1.807) is 0 Å². The summed E-state index contributed by atoms with van der Waals surface area (Å²) in [4.78, 5) is 0. The Balaban J connectivity index is 3.92. The first kappa shape index (κ1) is 11.7. The van der Waals surface area contributed by atoms with Crippen molar-refractivity contribution in [3.8, 4) is 0 Å². The van der Waals surface area contributed by atoms with Gasteiger partial charge in [-0.3, -0.25) is 0 Å². The van der Waals surface area contributed by atoms with Gasteiger partial charge < -0.3 is 0 Å². The molecule has 0 spiro atoms. The van der Waals surface area contributed by atoms with Crippen molar-refractivity contribution in [2.75, 3.05) is 0 Å².